The number of fused-ring (bicyclic) bond motifs is 2. The lowest BCUT2D eigenvalue weighted by Crippen LogP contribution is -2.43. The molecule has 2 aliphatic carbocycles. The van der Waals surface area contributed by atoms with E-state index in [2.05, 4.69) is 61.3 Å². The number of rotatable bonds is 8. The molecule has 210 valence electrons. The van der Waals surface area contributed by atoms with Crippen LogP contribution in [0.25, 0.3) is 22.1 Å². The van der Waals surface area contributed by atoms with Crippen LogP contribution in [-0.2, 0) is 16.0 Å². The molecule has 2 saturated carbocycles. The van der Waals surface area contributed by atoms with Crippen LogP contribution in [0.5, 0.6) is 0 Å². The molecule has 4 unspecified atom stereocenters. The van der Waals surface area contributed by atoms with Crippen LogP contribution in [0.2, 0.25) is 0 Å². The molecule has 0 bridgehead atoms. The van der Waals surface area contributed by atoms with E-state index in [4.69, 9.17) is 4.74 Å². The Bertz CT molecular complexity index is 1550. The van der Waals surface area contributed by atoms with Gasteiger partial charge in [-0.25, -0.2) is 15.0 Å². The molecule has 3 aliphatic rings. The number of amides is 1. The second kappa shape index (κ2) is 10.1. The maximum Gasteiger partial charge on any atom is 0.252 e. The van der Waals surface area contributed by atoms with Crippen molar-refractivity contribution in [3.63, 3.8) is 0 Å². The van der Waals surface area contributed by atoms with E-state index in [-0.39, 0.29) is 6.04 Å². The van der Waals surface area contributed by atoms with Crippen molar-refractivity contribution >= 4 is 33.8 Å². The fraction of sp³-hybridized carbons (Fsp3) is 0.517. The molecule has 4 N–H and O–H groups in total. The van der Waals surface area contributed by atoms with Crippen molar-refractivity contribution in [3.05, 3.63) is 48.2 Å². The predicted octanol–water partition coefficient (Wildman–Crippen LogP) is 2.76. The minimum atomic E-state index is -1.35. The average molecular weight is 546 g/mol. The zero-order chi connectivity index (χ0) is 27.4. The van der Waals surface area contributed by atoms with Gasteiger partial charge in [-0.15, -0.1) is 0 Å². The van der Waals surface area contributed by atoms with Crippen LogP contribution in [0.3, 0.4) is 0 Å². The first-order valence-electron chi connectivity index (χ1n) is 14.3. The highest BCUT2D eigenvalue weighted by Gasteiger charge is 2.48. The lowest BCUT2D eigenvalue weighted by Gasteiger charge is -2.17. The molecule has 1 amide bonds. The zero-order valence-electron chi connectivity index (χ0n) is 22.5. The van der Waals surface area contributed by atoms with Crippen LogP contribution in [-0.4, -0.2) is 71.1 Å². The first-order chi connectivity index (χ1) is 19.5. The molecule has 40 heavy (non-hydrogen) atoms. The molecule has 3 fully saturated rings. The van der Waals surface area contributed by atoms with E-state index in [0.717, 1.165) is 19.3 Å². The molecular weight excluding hydrogens is 510 g/mol. The molecule has 4 aromatic rings. The molecule has 11 nitrogen and oxygen atoms in total. The number of aliphatic hydroxyl groups excluding tert-OH is 2. The summed E-state index contributed by atoms with van der Waals surface area (Å²) in [6, 6.07) is 9.37. The second-order valence-electron chi connectivity index (χ2n) is 11.3. The Labute approximate surface area is 231 Å². The number of para-hydroxylation sites is 1. The highest BCUT2D eigenvalue weighted by atomic mass is 16.6. The molecule has 7 rings (SSSR count). The number of carbonyl (C=O) groups is 1. The van der Waals surface area contributed by atoms with Crippen molar-refractivity contribution in [3.8, 4) is 0 Å². The van der Waals surface area contributed by atoms with Crippen LogP contribution >= 0.6 is 0 Å². The summed E-state index contributed by atoms with van der Waals surface area (Å²) in [5, 5.41) is 28.8. The number of anilines is 1. The van der Waals surface area contributed by atoms with Crippen molar-refractivity contribution < 1.29 is 19.7 Å². The first-order valence-corrected chi connectivity index (χ1v) is 14.3. The van der Waals surface area contributed by atoms with Crippen LogP contribution in [0.15, 0.2) is 36.9 Å². The largest absolute Gasteiger partial charge is 0.387 e. The topological polar surface area (TPSA) is 139 Å². The molecule has 3 aromatic heterocycles. The molecule has 4 atom stereocenters. The summed E-state index contributed by atoms with van der Waals surface area (Å²) in [5.74, 6) is 0.166. The minimum absolute atomic E-state index is 0.123. The van der Waals surface area contributed by atoms with Gasteiger partial charge >= 0.3 is 0 Å². The quantitative estimate of drug-likeness (QED) is 0.265. The molecule has 0 radical (unpaired) electrons. The minimum Gasteiger partial charge on any atom is -0.387 e. The van der Waals surface area contributed by atoms with Crippen LogP contribution in [0, 0.1) is 6.92 Å². The van der Waals surface area contributed by atoms with Gasteiger partial charge in [-0.1, -0.05) is 31.0 Å². The highest BCUT2D eigenvalue weighted by molar-refractivity contribution is 5.86. The second-order valence-corrected chi connectivity index (χ2v) is 11.3. The van der Waals surface area contributed by atoms with Crippen molar-refractivity contribution in [1.82, 2.24) is 29.4 Å². The number of nitrogens with zero attached hydrogens (tertiary/aromatic N) is 5. The van der Waals surface area contributed by atoms with Gasteiger partial charge in [-0.3, -0.25) is 9.36 Å². The van der Waals surface area contributed by atoms with Crippen molar-refractivity contribution in [1.29, 1.82) is 0 Å². The van der Waals surface area contributed by atoms with Crippen molar-refractivity contribution in [2.45, 2.75) is 88.5 Å². The molecule has 0 spiro atoms. The normalized spacial score (nSPS) is 25.3. The summed E-state index contributed by atoms with van der Waals surface area (Å²) in [6.45, 7) is 2.89. The Morgan fingerprint density at radius 3 is 2.67 bits per heavy atom. The molecule has 4 heterocycles. The van der Waals surface area contributed by atoms with E-state index < -0.39 is 30.4 Å². The monoisotopic (exact) mass is 545 g/mol. The highest BCUT2D eigenvalue weighted by Crippen LogP contribution is 2.37. The van der Waals surface area contributed by atoms with Gasteiger partial charge in [-0.2, -0.15) is 0 Å². The van der Waals surface area contributed by atoms with Crippen LogP contribution in [0.4, 0.5) is 5.82 Å². The number of benzene rings is 1. The third kappa shape index (κ3) is 4.32. The third-order valence-electron chi connectivity index (χ3n) is 8.70. The van der Waals surface area contributed by atoms with Crippen LogP contribution in [0.1, 0.15) is 62.1 Å². The first kappa shape index (κ1) is 25.4. The van der Waals surface area contributed by atoms with Gasteiger partial charge in [0.25, 0.3) is 5.91 Å². The number of aliphatic hydroxyl groups is 2. The van der Waals surface area contributed by atoms with E-state index in [1.165, 1.54) is 60.5 Å². The Morgan fingerprint density at radius 2 is 1.88 bits per heavy atom. The fourth-order valence-corrected chi connectivity index (χ4v) is 6.50. The number of carbonyl (C=O) groups excluding carboxylic acids is 1. The lowest BCUT2D eigenvalue weighted by atomic mass is 10.1. The summed E-state index contributed by atoms with van der Waals surface area (Å²) < 4.78 is 9.93. The summed E-state index contributed by atoms with van der Waals surface area (Å²) in [5.41, 5.74) is 4.97. The maximum absolute atomic E-state index is 12.5. The Morgan fingerprint density at radius 1 is 1.07 bits per heavy atom. The SMILES string of the molecule is Cc1c(CCNc2ncnc3c2ncn3C2OC(C(=O)NC3CC3)C(O)C2O)c2ccccc2n1C1CCCC1. The Hall–Kier alpha value is -3.54. The summed E-state index contributed by atoms with van der Waals surface area (Å²) in [4.78, 5) is 25.8. The van der Waals surface area contributed by atoms with Gasteiger partial charge in [0, 0.05) is 35.2 Å². The van der Waals surface area contributed by atoms with Gasteiger partial charge in [0.15, 0.2) is 29.3 Å². The average Bonchev–Trinajstić information content (AvgIpc) is 3.28. The Balaban J connectivity index is 1.10. The molecule has 11 heteroatoms. The van der Waals surface area contributed by atoms with Gasteiger partial charge in [0.1, 0.15) is 18.5 Å². The van der Waals surface area contributed by atoms with Gasteiger partial charge in [0.05, 0.1) is 6.33 Å². The standard InChI is InChI=1S/C29H35N7O4/c1-16-19(20-8-4-5-9-21(20)36(16)18-6-2-3-7-18)12-13-30-26-22-27(32-14-31-26)35(15-33-22)29-24(38)23(37)25(40-29)28(39)34-17-10-11-17/h4-5,8-9,14-15,17-18,23-25,29,37-38H,2-3,6-7,10-13H2,1H3,(H,34,39)(H,30,31,32). The molecular formula is C29H35N7O4. The summed E-state index contributed by atoms with van der Waals surface area (Å²) >= 11 is 0. The maximum atomic E-state index is 12.5. The van der Waals surface area contributed by atoms with Crippen LogP contribution < -0.4 is 10.6 Å². The molecule has 1 saturated heterocycles. The number of ether oxygens (including phenoxy) is 1. The van der Waals surface area contributed by atoms with Gasteiger partial charge < -0.3 is 30.2 Å². The molecule has 1 aromatic carbocycles. The predicted molar refractivity (Wildman–Crippen MR) is 149 cm³/mol. The third-order valence-corrected chi connectivity index (χ3v) is 8.70. The number of hydrogen-bond acceptors (Lipinski definition) is 8. The van der Waals surface area contributed by atoms with Gasteiger partial charge in [-0.05, 0) is 50.7 Å². The Kier molecular flexibility index (Phi) is 6.44. The number of hydrogen-bond donors (Lipinski definition) is 4. The summed E-state index contributed by atoms with van der Waals surface area (Å²) in [7, 11) is 0. The van der Waals surface area contributed by atoms with E-state index in [0.29, 0.717) is 29.6 Å². The van der Waals surface area contributed by atoms with E-state index >= 15 is 0 Å². The number of imidazole rings is 1. The van der Waals surface area contributed by atoms with Gasteiger partial charge in [0.2, 0.25) is 0 Å². The van der Waals surface area contributed by atoms with E-state index in [1.54, 1.807) is 4.57 Å². The molecule has 1 aliphatic heterocycles. The summed E-state index contributed by atoms with van der Waals surface area (Å²) in [6.07, 6.45) is 5.85. The zero-order valence-corrected chi connectivity index (χ0v) is 22.5. The number of aromatic nitrogens is 5. The number of nitrogens with one attached hydrogen (secondary N) is 2. The van der Waals surface area contributed by atoms with E-state index in [1.807, 2.05) is 0 Å². The van der Waals surface area contributed by atoms with Crippen molar-refractivity contribution in [2.75, 3.05) is 11.9 Å². The lowest BCUT2D eigenvalue weighted by molar-refractivity contribution is -0.137. The van der Waals surface area contributed by atoms with E-state index in [9.17, 15) is 15.0 Å². The fourth-order valence-electron chi connectivity index (χ4n) is 6.50. The smallest absolute Gasteiger partial charge is 0.252 e. The van der Waals surface area contributed by atoms with Crippen molar-refractivity contribution in [2.24, 2.45) is 0 Å².